The molecule has 0 aromatic heterocycles. The van der Waals surface area contributed by atoms with Crippen LogP contribution in [0.25, 0.3) is 0 Å². The summed E-state index contributed by atoms with van der Waals surface area (Å²) in [4.78, 5) is 2.41. The zero-order valence-corrected chi connectivity index (χ0v) is 21.1. The van der Waals surface area contributed by atoms with Gasteiger partial charge >= 0.3 is 0 Å². The molecule has 1 atom stereocenters. The topological polar surface area (TPSA) is 45.8 Å². The standard InChI is InChI=1S/C27H43N3O2/c1-8-21(4)28-29-25-17-16-24(20-26(25)31-19-11-18-30(9-2)10-3)32-23-14-12-22(13-15-23)27(5,6)7/h12-17,20-21,28-29H,8-11,18-19H2,1-7H3. The number of benzene rings is 2. The van der Waals surface area contributed by atoms with Gasteiger partial charge in [-0.05, 0) is 68.1 Å². The summed E-state index contributed by atoms with van der Waals surface area (Å²) in [6.07, 6.45) is 2.03. The zero-order valence-electron chi connectivity index (χ0n) is 21.1. The molecule has 0 radical (unpaired) electrons. The second-order valence-corrected chi connectivity index (χ2v) is 9.34. The van der Waals surface area contributed by atoms with Crippen LogP contribution in [0.15, 0.2) is 42.5 Å². The van der Waals surface area contributed by atoms with Crippen molar-refractivity contribution in [1.82, 2.24) is 10.3 Å². The molecule has 2 rings (SSSR count). The van der Waals surface area contributed by atoms with Gasteiger partial charge in [0.2, 0.25) is 0 Å². The molecule has 0 spiro atoms. The van der Waals surface area contributed by atoms with Crippen molar-refractivity contribution in [3.05, 3.63) is 48.0 Å². The van der Waals surface area contributed by atoms with Crippen molar-refractivity contribution in [3.63, 3.8) is 0 Å². The van der Waals surface area contributed by atoms with E-state index in [0.29, 0.717) is 12.6 Å². The smallest absolute Gasteiger partial charge is 0.147 e. The van der Waals surface area contributed by atoms with Gasteiger partial charge in [-0.15, -0.1) is 0 Å². The van der Waals surface area contributed by atoms with Crippen LogP contribution in [0.4, 0.5) is 5.69 Å². The summed E-state index contributed by atoms with van der Waals surface area (Å²) < 4.78 is 12.3. The molecule has 0 aliphatic carbocycles. The quantitative estimate of drug-likeness (QED) is 0.271. The largest absolute Gasteiger partial charge is 0.491 e. The van der Waals surface area contributed by atoms with Crippen molar-refractivity contribution in [3.8, 4) is 17.2 Å². The van der Waals surface area contributed by atoms with Crippen LogP contribution < -0.4 is 20.3 Å². The molecule has 5 nitrogen and oxygen atoms in total. The van der Waals surface area contributed by atoms with Crippen molar-refractivity contribution in [2.45, 2.75) is 72.8 Å². The highest BCUT2D eigenvalue weighted by molar-refractivity contribution is 5.59. The summed E-state index contributed by atoms with van der Waals surface area (Å²) in [5.74, 6) is 2.38. The highest BCUT2D eigenvalue weighted by atomic mass is 16.5. The third-order valence-electron chi connectivity index (χ3n) is 5.75. The highest BCUT2D eigenvalue weighted by Crippen LogP contribution is 2.33. The molecular weight excluding hydrogens is 398 g/mol. The van der Waals surface area contributed by atoms with E-state index in [1.165, 1.54) is 5.56 Å². The summed E-state index contributed by atoms with van der Waals surface area (Å²) in [6.45, 7) is 19.2. The van der Waals surface area contributed by atoms with Gasteiger partial charge in [-0.2, -0.15) is 0 Å². The highest BCUT2D eigenvalue weighted by Gasteiger charge is 2.14. The average Bonchev–Trinajstić information content (AvgIpc) is 2.78. The van der Waals surface area contributed by atoms with E-state index in [9.17, 15) is 0 Å². The second-order valence-electron chi connectivity index (χ2n) is 9.34. The molecule has 2 aromatic carbocycles. The van der Waals surface area contributed by atoms with Crippen LogP contribution in [0, 0.1) is 0 Å². The van der Waals surface area contributed by atoms with E-state index in [-0.39, 0.29) is 5.41 Å². The van der Waals surface area contributed by atoms with E-state index >= 15 is 0 Å². The minimum absolute atomic E-state index is 0.126. The Morgan fingerprint density at radius 2 is 1.59 bits per heavy atom. The summed E-state index contributed by atoms with van der Waals surface area (Å²) in [5.41, 5.74) is 8.97. The van der Waals surface area contributed by atoms with Crippen LogP contribution in [0.3, 0.4) is 0 Å². The molecule has 5 heteroatoms. The van der Waals surface area contributed by atoms with Crippen molar-refractivity contribution in [1.29, 1.82) is 0 Å². The molecule has 0 fully saturated rings. The number of rotatable bonds is 13. The minimum atomic E-state index is 0.126. The average molecular weight is 442 g/mol. The first kappa shape index (κ1) is 26.0. The van der Waals surface area contributed by atoms with E-state index < -0.39 is 0 Å². The molecule has 0 saturated heterocycles. The van der Waals surface area contributed by atoms with Crippen LogP contribution in [0.2, 0.25) is 0 Å². The Morgan fingerprint density at radius 3 is 2.19 bits per heavy atom. The normalized spacial score (nSPS) is 12.6. The van der Waals surface area contributed by atoms with Gasteiger partial charge in [0, 0.05) is 18.7 Å². The van der Waals surface area contributed by atoms with Gasteiger partial charge in [-0.3, -0.25) is 0 Å². The number of hydrogen-bond donors (Lipinski definition) is 2. The van der Waals surface area contributed by atoms with Crippen LogP contribution in [0.5, 0.6) is 17.2 Å². The molecule has 32 heavy (non-hydrogen) atoms. The van der Waals surface area contributed by atoms with Crippen molar-refractivity contribution in [2.24, 2.45) is 0 Å². The number of nitrogens with zero attached hydrogens (tertiary/aromatic N) is 1. The van der Waals surface area contributed by atoms with Crippen LogP contribution in [-0.2, 0) is 5.41 Å². The zero-order chi connectivity index (χ0) is 23.6. The Labute approximate surface area is 195 Å². The molecule has 0 heterocycles. The maximum atomic E-state index is 6.18. The van der Waals surface area contributed by atoms with Gasteiger partial charge in [0.1, 0.15) is 17.2 Å². The summed E-state index contributed by atoms with van der Waals surface area (Å²) >= 11 is 0. The fraction of sp³-hybridized carbons (Fsp3) is 0.556. The van der Waals surface area contributed by atoms with Crippen LogP contribution in [-0.4, -0.2) is 37.2 Å². The molecule has 0 bridgehead atoms. The predicted octanol–water partition coefficient (Wildman–Crippen LogP) is 6.60. The van der Waals surface area contributed by atoms with Crippen LogP contribution in [0.1, 0.15) is 66.9 Å². The van der Waals surface area contributed by atoms with Gasteiger partial charge in [-0.1, -0.05) is 53.7 Å². The lowest BCUT2D eigenvalue weighted by Gasteiger charge is -2.20. The minimum Gasteiger partial charge on any atom is -0.491 e. The van der Waals surface area contributed by atoms with E-state index in [0.717, 1.165) is 55.4 Å². The van der Waals surface area contributed by atoms with Crippen molar-refractivity contribution >= 4 is 5.69 Å². The first-order valence-corrected chi connectivity index (χ1v) is 12.1. The Hall–Kier alpha value is -2.24. The Morgan fingerprint density at radius 1 is 0.938 bits per heavy atom. The molecule has 0 aliphatic rings. The van der Waals surface area contributed by atoms with Gasteiger partial charge in [0.25, 0.3) is 0 Å². The monoisotopic (exact) mass is 441 g/mol. The first-order valence-electron chi connectivity index (χ1n) is 12.1. The lowest BCUT2D eigenvalue weighted by molar-refractivity contribution is 0.249. The molecule has 178 valence electrons. The molecular formula is C27H43N3O2. The first-order chi connectivity index (χ1) is 15.3. The Bertz CT molecular complexity index is 796. The van der Waals surface area contributed by atoms with Gasteiger partial charge < -0.3 is 19.8 Å². The van der Waals surface area contributed by atoms with Crippen molar-refractivity contribution in [2.75, 3.05) is 31.7 Å². The lowest BCUT2D eigenvalue weighted by Crippen LogP contribution is -2.31. The molecule has 1 unspecified atom stereocenters. The molecule has 0 saturated carbocycles. The van der Waals surface area contributed by atoms with E-state index in [4.69, 9.17) is 9.47 Å². The maximum Gasteiger partial charge on any atom is 0.147 e. The lowest BCUT2D eigenvalue weighted by atomic mass is 9.87. The van der Waals surface area contributed by atoms with Gasteiger partial charge in [0.15, 0.2) is 0 Å². The number of hydrazine groups is 1. The van der Waals surface area contributed by atoms with Gasteiger partial charge in [-0.25, -0.2) is 5.43 Å². The van der Waals surface area contributed by atoms with E-state index in [1.807, 2.05) is 30.3 Å². The fourth-order valence-corrected chi connectivity index (χ4v) is 3.26. The third kappa shape index (κ3) is 8.36. The Balaban J connectivity index is 2.10. The SMILES string of the molecule is CCC(C)NNc1ccc(Oc2ccc(C(C)(C)C)cc2)cc1OCCCN(CC)CC. The summed E-state index contributed by atoms with van der Waals surface area (Å²) in [7, 11) is 0. The van der Waals surface area contributed by atoms with Crippen LogP contribution >= 0.6 is 0 Å². The molecule has 2 N–H and O–H groups in total. The van der Waals surface area contributed by atoms with E-state index in [2.05, 4.69) is 76.4 Å². The second kappa shape index (κ2) is 12.7. The number of anilines is 1. The molecule has 0 aliphatic heterocycles. The van der Waals surface area contributed by atoms with Gasteiger partial charge in [0.05, 0.1) is 12.3 Å². The maximum absolute atomic E-state index is 6.18. The fourth-order valence-electron chi connectivity index (χ4n) is 3.26. The van der Waals surface area contributed by atoms with Crippen molar-refractivity contribution < 1.29 is 9.47 Å². The number of nitrogens with one attached hydrogen (secondary N) is 2. The third-order valence-corrected chi connectivity index (χ3v) is 5.75. The number of ether oxygens (including phenoxy) is 2. The summed E-state index contributed by atoms with van der Waals surface area (Å²) in [5, 5.41) is 0. The number of hydrogen-bond acceptors (Lipinski definition) is 5. The molecule has 2 aromatic rings. The van der Waals surface area contributed by atoms with E-state index in [1.54, 1.807) is 0 Å². The molecule has 0 amide bonds. The Kier molecular flexibility index (Phi) is 10.3. The summed E-state index contributed by atoms with van der Waals surface area (Å²) in [6, 6.07) is 14.6. The predicted molar refractivity (Wildman–Crippen MR) is 136 cm³/mol.